The molecule has 2 rings (SSSR count). The van der Waals surface area contributed by atoms with E-state index < -0.39 is 16.1 Å². The molecule has 2 N–H and O–H groups in total. The van der Waals surface area contributed by atoms with E-state index in [9.17, 15) is 18.0 Å². The number of sulfonamides is 1. The second-order valence-corrected chi connectivity index (χ2v) is 8.36. The van der Waals surface area contributed by atoms with Crippen LogP contribution in [-0.4, -0.2) is 55.5 Å². The molecule has 0 aromatic rings. The molecule has 132 valence electrons. The van der Waals surface area contributed by atoms with Crippen molar-refractivity contribution in [1.29, 1.82) is 0 Å². The number of carbonyl (C=O) groups is 2. The van der Waals surface area contributed by atoms with Crippen molar-refractivity contribution in [1.82, 2.24) is 14.9 Å². The minimum Gasteiger partial charge on any atom is -0.355 e. The number of carbonyl (C=O) groups excluding carboxylic acids is 2. The molecule has 0 aromatic heterocycles. The summed E-state index contributed by atoms with van der Waals surface area (Å²) in [6.45, 7) is 2.72. The summed E-state index contributed by atoms with van der Waals surface area (Å²) >= 11 is 0. The van der Waals surface area contributed by atoms with Crippen molar-refractivity contribution in [2.75, 3.05) is 18.8 Å². The Balaban J connectivity index is 1.86. The fourth-order valence-electron chi connectivity index (χ4n) is 3.26. The molecule has 0 aromatic carbocycles. The maximum absolute atomic E-state index is 12.4. The Labute approximate surface area is 138 Å². The van der Waals surface area contributed by atoms with Crippen molar-refractivity contribution in [3.8, 4) is 0 Å². The molecular formula is C15H27N3O4S. The SMILES string of the molecule is CCCS(=O)(=O)N1CCCCC1C(=O)NCCC1CCC(=O)N1. The number of nitrogens with zero attached hydrogens (tertiary/aromatic N) is 1. The average Bonchev–Trinajstić information content (AvgIpc) is 2.92. The first-order chi connectivity index (χ1) is 10.9. The van der Waals surface area contributed by atoms with Gasteiger partial charge in [-0.25, -0.2) is 8.42 Å². The second-order valence-electron chi connectivity index (χ2n) is 6.32. The predicted octanol–water partition coefficient (Wildman–Crippen LogP) is 0.366. The van der Waals surface area contributed by atoms with Crippen LogP contribution in [0.15, 0.2) is 0 Å². The summed E-state index contributed by atoms with van der Waals surface area (Å²) in [5.41, 5.74) is 0. The third-order valence-electron chi connectivity index (χ3n) is 4.45. The Morgan fingerprint density at radius 2 is 2.13 bits per heavy atom. The number of hydrogen-bond acceptors (Lipinski definition) is 4. The molecular weight excluding hydrogens is 318 g/mol. The first-order valence-corrected chi connectivity index (χ1v) is 10.1. The molecule has 2 unspecified atom stereocenters. The van der Waals surface area contributed by atoms with E-state index in [1.807, 2.05) is 6.92 Å². The van der Waals surface area contributed by atoms with Gasteiger partial charge in [0.1, 0.15) is 6.04 Å². The van der Waals surface area contributed by atoms with Crippen LogP contribution in [0.25, 0.3) is 0 Å². The second kappa shape index (κ2) is 8.10. The van der Waals surface area contributed by atoms with Gasteiger partial charge in [-0.05, 0) is 32.1 Å². The molecule has 2 aliphatic rings. The molecule has 0 spiro atoms. The van der Waals surface area contributed by atoms with Gasteiger partial charge in [0.15, 0.2) is 0 Å². The van der Waals surface area contributed by atoms with Crippen molar-refractivity contribution in [3.63, 3.8) is 0 Å². The monoisotopic (exact) mass is 345 g/mol. The predicted molar refractivity (Wildman–Crippen MR) is 87.2 cm³/mol. The van der Waals surface area contributed by atoms with Crippen LogP contribution in [0.2, 0.25) is 0 Å². The van der Waals surface area contributed by atoms with Crippen LogP contribution in [0.4, 0.5) is 0 Å². The molecule has 2 fully saturated rings. The van der Waals surface area contributed by atoms with Crippen molar-refractivity contribution in [2.45, 2.75) is 64.0 Å². The van der Waals surface area contributed by atoms with Gasteiger partial charge in [0.2, 0.25) is 21.8 Å². The molecule has 2 saturated heterocycles. The van der Waals surface area contributed by atoms with Crippen molar-refractivity contribution < 1.29 is 18.0 Å². The van der Waals surface area contributed by atoms with Gasteiger partial charge in [0.25, 0.3) is 0 Å². The van der Waals surface area contributed by atoms with E-state index in [-0.39, 0.29) is 23.6 Å². The normalized spacial score (nSPS) is 26.0. The molecule has 23 heavy (non-hydrogen) atoms. The summed E-state index contributed by atoms with van der Waals surface area (Å²) in [4.78, 5) is 23.5. The zero-order valence-electron chi connectivity index (χ0n) is 13.7. The van der Waals surface area contributed by atoms with Crippen LogP contribution in [0, 0.1) is 0 Å². The number of hydrogen-bond donors (Lipinski definition) is 2. The van der Waals surface area contributed by atoms with Gasteiger partial charge in [-0.1, -0.05) is 13.3 Å². The van der Waals surface area contributed by atoms with E-state index in [1.165, 1.54) is 4.31 Å². The highest BCUT2D eigenvalue weighted by Gasteiger charge is 2.36. The van der Waals surface area contributed by atoms with Gasteiger partial charge in [-0.2, -0.15) is 4.31 Å². The van der Waals surface area contributed by atoms with Crippen molar-refractivity contribution in [3.05, 3.63) is 0 Å². The molecule has 2 atom stereocenters. The van der Waals surface area contributed by atoms with Gasteiger partial charge >= 0.3 is 0 Å². The smallest absolute Gasteiger partial charge is 0.238 e. The Kier molecular flexibility index (Phi) is 6.41. The highest BCUT2D eigenvalue weighted by molar-refractivity contribution is 7.89. The molecule has 2 aliphatic heterocycles. The van der Waals surface area contributed by atoms with E-state index in [2.05, 4.69) is 10.6 Å². The Hall–Kier alpha value is -1.15. The summed E-state index contributed by atoms with van der Waals surface area (Å²) in [6, 6.07) is -0.465. The topological polar surface area (TPSA) is 95.6 Å². The summed E-state index contributed by atoms with van der Waals surface area (Å²) < 4.78 is 26.0. The average molecular weight is 345 g/mol. The van der Waals surface area contributed by atoms with Crippen molar-refractivity contribution >= 4 is 21.8 Å². The fraction of sp³-hybridized carbons (Fsp3) is 0.867. The largest absolute Gasteiger partial charge is 0.355 e. The van der Waals surface area contributed by atoms with Crippen LogP contribution >= 0.6 is 0 Å². The Morgan fingerprint density at radius 1 is 1.35 bits per heavy atom. The minimum absolute atomic E-state index is 0.0606. The number of rotatable bonds is 7. The third-order valence-corrected chi connectivity index (χ3v) is 6.53. The van der Waals surface area contributed by atoms with E-state index in [0.717, 1.165) is 19.3 Å². The van der Waals surface area contributed by atoms with Gasteiger partial charge in [0.05, 0.1) is 5.75 Å². The zero-order chi connectivity index (χ0) is 16.9. The van der Waals surface area contributed by atoms with Gasteiger partial charge < -0.3 is 10.6 Å². The summed E-state index contributed by atoms with van der Waals surface area (Å²) in [5.74, 6) is -0.0654. The quantitative estimate of drug-likeness (QED) is 0.697. The maximum Gasteiger partial charge on any atom is 0.238 e. The molecule has 7 nitrogen and oxygen atoms in total. The Morgan fingerprint density at radius 3 is 2.78 bits per heavy atom. The lowest BCUT2D eigenvalue weighted by Gasteiger charge is -2.33. The maximum atomic E-state index is 12.4. The lowest BCUT2D eigenvalue weighted by Crippen LogP contribution is -2.52. The molecule has 0 bridgehead atoms. The molecule has 2 heterocycles. The summed E-state index contributed by atoms with van der Waals surface area (Å²) in [7, 11) is -3.36. The van der Waals surface area contributed by atoms with E-state index in [1.54, 1.807) is 0 Å². The van der Waals surface area contributed by atoms with Crippen molar-refractivity contribution in [2.24, 2.45) is 0 Å². The third kappa shape index (κ3) is 4.91. The highest BCUT2D eigenvalue weighted by atomic mass is 32.2. The highest BCUT2D eigenvalue weighted by Crippen LogP contribution is 2.21. The zero-order valence-corrected chi connectivity index (χ0v) is 14.5. The summed E-state index contributed by atoms with van der Waals surface area (Å²) in [6.07, 6.45) is 4.84. The lowest BCUT2D eigenvalue weighted by atomic mass is 10.0. The lowest BCUT2D eigenvalue weighted by molar-refractivity contribution is -0.125. The Bertz CT molecular complexity index is 535. The number of piperidine rings is 1. The van der Waals surface area contributed by atoms with Gasteiger partial charge in [0, 0.05) is 25.6 Å². The van der Waals surface area contributed by atoms with Gasteiger partial charge in [-0.3, -0.25) is 9.59 Å². The van der Waals surface area contributed by atoms with E-state index in [4.69, 9.17) is 0 Å². The fourth-order valence-corrected chi connectivity index (χ4v) is 5.00. The van der Waals surface area contributed by atoms with Crippen LogP contribution in [0.3, 0.4) is 0 Å². The molecule has 0 radical (unpaired) electrons. The van der Waals surface area contributed by atoms with Crippen LogP contribution in [0.5, 0.6) is 0 Å². The first kappa shape index (κ1) is 18.2. The van der Waals surface area contributed by atoms with Crippen LogP contribution in [-0.2, 0) is 19.6 Å². The molecule has 0 saturated carbocycles. The van der Waals surface area contributed by atoms with E-state index >= 15 is 0 Å². The standard InChI is InChI=1S/C15H27N3O4S/c1-2-11-23(21,22)18-10-4-3-5-13(18)15(20)16-9-8-12-6-7-14(19)17-12/h12-13H,2-11H2,1H3,(H,16,20)(H,17,19). The first-order valence-electron chi connectivity index (χ1n) is 8.50. The molecule has 0 aliphatic carbocycles. The number of nitrogens with one attached hydrogen (secondary N) is 2. The van der Waals surface area contributed by atoms with E-state index in [0.29, 0.717) is 38.8 Å². The van der Waals surface area contributed by atoms with Crippen LogP contribution in [0.1, 0.15) is 51.9 Å². The van der Waals surface area contributed by atoms with Crippen LogP contribution < -0.4 is 10.6 Å². The number of amides is 2. The molecule has 8 heteroatoms. The minimum atomic E-state index is -3.36. The van der Waals surface area contributed by atoms with Gasteiger partial charge in [-0.15, -0.1) is 0 Å². The summed E-state index contributed by atoms with van der Waals surface area (Å²) in [5, 5.41) is 5.70. The molecule has 2 amide bonds.